The second kappa shape index (κ2) is 6.46. The van der Waals surface area contributed by atoms with E-state index in [1.807, 2.05) is 0 Å². The van der Waals surface area contributed by atoms with Crippen LogP contribution < -0.4 is 5.32 Å². The maximum absolute atomic E-state index is 12.1. The molecule has 0 aromatic carbocycles. The van der Waals surface area contributed by atoms with E-state index in [0.717, 1.165) is 30.6 Å². The van der Waals surface area contributed by atoms with Crippen LogP contribution in [0.4, 0.5) is 0 Å². The molecule has 0 aliphatic carbocycles. The van der Waals surface area contributed by atoms with E-state index in [-0.39, 0.29) is 25.7 Å². The predicted octanol–water partition coefficient (Wildman–Crippen LogP) is -1.16. The van der Waals surface area contributed by atoms with Crippen LogP contribution >= 0.6 is 0 Å². The Bertz CT molecular complexity index is 378. The maximum Gasteiger partial charge on any atom is 0.323 e. The second-order valence-electron chi connectivity index (χ2n) is 4.40. The summed E-state index contributed by atoms with van der Waals surface area (Å²) in [6.07, 6.45) is 1.84. The van der Waals surface area contributed by atoms with E-state index in [1.165, 1.54) is 0 Å². The first kappa shape index (κ1) is 15.4. The number of aliphatic carboxylic acids is 1. The molecule has 1 aliphatic heterocycles. The molecule has 106 valence electrons. The molecule has 3 N–H and O–H groups in total. The molecule has 0 radical (unpaired) electrons. The minimum Gasteiger partial charge on any atom is -0.480 e. The molecule has 1 fully saturated rings. The topological polar surface area (TPSA) is 107 Å². The van der Waals surface area contributed by atoms with Crippen molar-refractivity contribution in [2.75, 3.05) is 26.2 Å². The molecule has 0 saturated carbocycles. The smallest absolute Gasteiger partial charge is 0.323 e. The van der Waals surface area contributed by atoms with E-state index in [0.29, 0.717) is 0 Å². The Balaban J connectivity index is 2.78. The summed E-state index contributed by atoms with van der Waals surface area (Å²) < 4.78 is 25.2. The van der Waals surface area contributed by atoms with Gasteiger partial charge in [0.25, 0.3) is 0 Å². The quantitative estimate of drug-likeness (QED) is 0.543. The molecule has 0 bridgehead atoms. The number of aliphatic hydroxyl groups is 1. The van der Waals surface area contributed by atoms with Gasteiger partial charge in [-0.15, -0.1) is 0 Å². The number of carboxylic acid groups (broad SMARTS) is 1. The van der Waals surface area contributed by atoms with Gasteiger partial charge in [0.2, 0.25) is 10.0 Å². The molecule has 2 atom stereocenters. The number of carbonyl (C=O) groups is 1. The number of carboxylic acids is 1. The Hall–Kier alpha value is -0.700. The third-order valence-electron chi connectivity index (χ3n) is 3.09. The minimum atomic E-state index is -3.92. The van der Waals surface area contributed by atoms with Gasteiger partial charge in [-0.1, -0.05) is 0 Å². The van der Waals surface area contributed by atoms with E-state index in [2.05, 4.69) is 5.32 Å². The molecule has 2 unspecified atom stereocenters. The number of hydrogen-bond acceptors (Lipinski definition) is 5. The molecule has 1 heterocycles. The SMILES string of the molecule is CC(C(=O)O)S(=O)(=O)N(CCO)CC1CCCN1. The highest BCUT2D eigenvalue weighted by Gasteiger charge is 2.35. The first-order valence-electron chi connectivity index (χ1n) is 5.95. The third kappa shape index (κ3) is 3.64. The zero-order valence-corrected chi connectivity index (χ0v) is 11.2. The fourth-order valence-corrected chi connectivity index (χ4v) is 3.37. The Morgan fingerprint density at radius 1 is 1.56 bits per heavy atom. The molecule has 0 amide bonds. The molecular formula is C10H20N2O5S. The first-order chi connectivity index (χ1) is 8.39. The van der Waals surface area contributed by atoms with Gasteiger partial charge in [0, 0.05) is 19.1 Å². The monoisotopic (exact) mass is 280 g/mol. The van der Waals surface area contributed by atoms with Gasteiger partial charge in [-0.3, -0.25) is 4.79 Å². The van der Waals surface area contributed by atoms with Crippen LogP contribution in [-0.2, 0) is 14.8 Å². The molecule has 0 aromatic rings. The van der Waals surface area contributed by atoms with Gasteiger partial charge in [0.1, 0.15) is 0 Å². The van der Waals surface area contributed by atoms with Crippen molar-refractivity contribution < 1.29 is 23.4 Å². The highest BCUT2D eigenvalue weighted by atomic mass is 32.2. The predicted molar refractivity (Wildman–Crippen MR) is 65.7 cm³/mol. The van der Waals surface area contributed by atoms with Gasteiger partial charge in [0.15, 0.2) is 5.25 Å². The van der Waals surface area contributed by atoms with Crippen LogP contribution in [0.2, 0.25) is 0 Å². The summed E-state index contributed by atoms with van der Waals surface area (Å²) in [6.45, 7) is 1.80. The van der Waals surface area contributed by atoms with Gasteiger partial charge in [-0.05, 0) is 26.3 Å². The normalized spacial score (nSPS) is 22.3. The van der Waals surface area contributed by atoms with Gasteiger partial charge < -0.3 is 15.5 Å². The number of nitrogens with one attached hydrogen (secondary N) is 1. The highest BCUT2D eigenvalue weighted by Crippen LogP contribution is 2.13. The molecule has 1 saturated heterocycles. The zero-order valence-electron chi connectivity index (χ0n) is 10.4. The summed E-state index contributed by atoms with van der Waals surface area (Å²) in [6, 6.07) is 0.0346. The molecule has 1 rings (SSSR count). The van der Waals surface area contributed by atoms with E-state index in [1.54, 1.807) is 0 Å². The van der Waals surface area contributed by atoms with Crippen molar-refractivity contribution in [3.8, 4) is 0 Å². The molecule has 18 heavy (non-hydrogen) atoms. The fourth-order valence-electron chi connectivity index (χ4n) is 1.94. The van der Waals surface area contributed by atoms with Gasteiger partial charge in [-0.25, -0.2) is 8.42 Å². The number of aliphatic hydroxyl groups excluding tert-OH is 1. The summed E-state index contributed by atoms with van der Waals surface area (Å²) in [5.74, 6) is -1.38. The van der Waals surface area contributed by atoms with Crippen LogP contribution in [0, 0.1) is 0 Å². The summed E-state index contributed by atoms with van der Waals surface area (Å²) in [5, 5.41) is 19.4. The molecule has 7 nitrogen and oxygen atoms in total. The van der Waals surface area contributed by atoms with Crippen molar-refractivity contribution in [1.82, 2.24) is 9.62 Å². The number of rotatable bonds is 7. The van der Waals surface area contributed by atoms with Crippen molar-refractivity contribution in [2.24, 2.45) is 0 Å². The van der Waals surface area contributed by atoms with Crippen LogP contribution in [0.1, 0.15) is 19.8 Å². The van der Waals surface area contributed by atoms with Crippen LogP contribution in [0.5, 0.6) is 0 Å². The Labute approximate surface area is 107 Å². The van der Waals surface area contributed by atoms with Crippen LogP contribution in [0.25, 0.3) is 0 Å². The van der Waals surface area contributed by atoms with Crippen molar-refractivity contribution in [3.63, 3.8) is 0 Å². The van der Waals surface area contributed by atoms with Gasteiger partial charge in [-0.2, -0.15) is 4.31 Å². The zero-order chi connectivity index (χ0) is 13.8. The van der Waals surface area contributed by atoms with Crippen molar-refractivity contribution in [1.29, 1.82) is 0 Å². The number of nitrogens with zero attached hydrogens (tertiary/aromatic N) is 1. The molecule has 8 heteroatoms. The molecule has 1 aliphatic rings. The highest BCUT2D eigenvalue weighted by molar-refractivity contribution is 7.90. The van der Waals surface area contributed by atoms with E-state index in [9.17, 15) is 13.2 Å². The van der Waals surface area contributed by atoms with Crippen LogP contribution in [-0.4, -0.2) is 66.4 Å². The number of sulfonamides is 1. The second-order valence-corrected chi connectivity index (χ2v) is 6.65. The Morgan fingerprint density at radius 3 is 2.67 bits per heavy atom. The average molecular weight is 280 g/mol. The van der Waals surface area contributed by atoms with Crippen molar-refractivity contribution in [2.45, 2.75) is 31.1 Å². The lowest BCUT2D eigenvalue weighted by atomic mass is 10.2. The fraction of sp³-hybridized carbons (Fsp3) is 0.900. The first-order valence-corrected chi connectivity index (χ1v) is 7.46. The maximum atomic E-state index is 12.1. The lowest BCUT2D eigenvalue weighted by Gasteiger charge is -2.26. The van der Waals surface area contributed by atoms with Crippen LogP contribution in [0.15, 0.2) is 0 Å². The summed E-state index contributed by atoms with van der Waals surface area (Å²) in [5.41, 5.74) is 0. The summed E-state index contributed by atoms with van der Waals surface area (Å²) in [7, 11) is -3.92. The standard InChI is InChI=1S/C10H20N2O5S/c1-8(10(14)15)18(16,17)12(5-6-13)7-9-3-2-4-11-9/h8-9,11,13H,2-7H2,1H3,(H,14,15). The van der Waals surface area contributed by atoms with E-state index in [4.69, 9.17) is 10.2 Å². The Morgan fingerprint density at radius 2 is 2.22 bits per heavy atom. The summed E-state index contributed by atoms with van der Waals surface area (Å²) >= 11 is 0. The average Bonchev–Trinajstić information content (AvgIpc) is 2.80. The third-order valence-corrected chi connectivity index (χ3v) is 5.24. The lowest BCUT2D eigenvalue weighted by molar-refractivity contribution is -0.136. The molecule has 0 aromatic heterocycles. The van der Waals surface area contributed by atoms with Crippen molar-refractivity contribution >= 4 is 16.0 Å². The van der Waals surface area contributed by atoms with E-state index < -0.39 is 21.2 Å². The number of hydrogen-bond donors (Lipinski definition) is 3. The van der Waals surface area contributed by atoms with Gasteiger partial charge in [0.05, 0.1) is 6.61 Å². The van der Waals surface area contributed by atoms with Crippen LogP contribution in [0.3, 0.4) is 0 Å². The van der Waals surface area contributed by atoms with Gasteiger partial charge >= 0.3 is 5.97 Å². The lowest BCUT2D eigenvalue weighted by Crippen LogP contribution is -2.47. The molecule has 0 spiro atoms. The minimum absolute atomic E-state index is 0.0346. The Kier molecular flexibility index (Phi) is 5.51. The van der Waals surface area contributed by atoms with Crippen molar-refractivity contribution in [3.05, 3.63) is 0 Å². The molecular weight excluding hydrogens is 260 g/mol. The van der Waals surface area contributed by atoms with E-state index >= 15 is 0 Å². The summed E-state index contributed by atoms with van der Waals surface area (Å²) in [4.78, 5) is 10.8. The largest absolute Gasteiger partial charge is 0.480 e.